The van der Waals surface area contributed by atoms with Crippen molar-refractivity contribution in [2.45, 2.75) is 12.3 Å². The molecular formula is C17H10ClN3O4. The highest BCUT2D eigenvalue weighted by atomic mass is 35.5. The van der Waals surface area contributed by atoms with E-state index in [1.54, 1.807) is 25.1 Å². The number of nitrogens with zero attached hydrogens (tertiary/aromatic N) is 1. The van der Waals surface area contributed by atoms with E-state index in [0.717, 1.165) is 0 Å². The highest BCUT2D eigenvalue weighted by molar-refractivity contribution is 6.35. The van der Waals surface area contributed by atoms with Crippen LogP contribution in [0.1, 0.15) is 16.9 Å². The number of amides is 1. The SMILES string of the molecule is Cc1cc2c(c(=O)o1)C1(C(=O)Nc3c(Cl)cccc31)C(C#N)=C(N)O2. The first-order chi connectivity index (χ1) is 11.9. The first kappa shape index (κ1) is 15.3. The lowest BCUT2D eigenvalue weighted by Gasteiger charge is -2.32. The average molecular weight is 356 g/mol. The number of para-hydroxylation sites is 1. The van der Waals surface area contributed by atoms with Crippen LogP contribution in [0.3, 0.4) is 0 Å². The summed E-state index contributed by atoms with van der Waals surface area (Å²) in [7, 11) is 0. The van der Waals surface area contributed by atoms with Crippen LogP contribution in [0.25, 0.3) is 0 Å². The number of anilines is 1. The Kier molecular flexibility index (Phi) is 2.99. The van der Waals surface area contributed by atoms with E-state index in [-0.39, 0.29) is 33.6 Å². The Balaban J connectivity index is 2.23. The van der Waals surface area contributed by atoms with E-state index in [1.165, 1.54) is 6.07 Å². The molecule has 1 spiro atoms. The summed E-state index contributed by atoms with van der Waals surface area (Å²) < 4.78 is 10.6. The molecule has 0 radical (unpaired) electrons. The summed E-state index contributed by atoms with van der Waals surface area (Å²) in [5, 5.41) is 12.6. The number of carbonyl (C=O) groups excluding carboxylic acids is 1. The highest BCUT2D eigenvalue weighted by Gasteiger charge is 2.58. The maximum absolute atomic E-state index is 13.0. The van der Waals surface area contributed by atoms with Crippen molar-refractivity contribution >= 4 is 23.2 Å². The second kappa shape index (κ2) is 4.88. The minimum absolute atomic E-state index is 0.0771. The van der Waals surface area contributed by atoms with Crippen molar-refractivity contribution in [3.05, 3.63) is 68.1 Å². The molecule has 2 aliphatic rings. The topological polar surface area (TPSA) is 118 Å². The van der Waals surface area contributed by atoms with Crippen LogP contribution in [0.5, 0.6) is 5.75 Å². The van der Waals surface area contributed by atoms with Crippen LogP contribution in [0.15, 0.2) is 44.9 Å². The minimum Gasteiger partial charge on any atom is -0.440 e. The zero-order valence-electron chi connectivity index (χ0n) is 12.8. The Morgan fingerprint density at radius 1 is 1.36 bits per heavy atom. The van der Waals surface area contributed by atoms with Crippen LogP contribution in [0, 0.1) is 18.3 Å². The zero-order chi connectivity index (χ0) is 17.9. The quantitative estimate of drug-likeness (QED) is 0.745. The lowest BCUT2D eigenvalue weighted by atomic mass is 9.69. The third-order valence-electron chi connectivity index (χ3n) is 4.36. The number of nitriles is 1. The Morgan fingerprint density at radius 2 is 2.12 bits per heavy atom. The van der Waals surface area contributed by atoms with Crippen molar-refractivity contribution in [3.8, 4) is 11.8 Å². The number of hydrogen-bond acceptors (Lipinski definition) is 6. The molecule has 3 N–H and O–H groups in total. The van der Waals surface area contributed by atoms with Gasteiger partial charge in [0.05, 0.1) is 10.7 Å². The standard InChI is InChI=1S/C17H10ClN3O4/c1-7-5-11-12(15(22)24-7)17(9(6-19)14(20)25-11)8-3-2-4-10(18)13(8)21-16(17)23/h2-5H,20H2,1H3,(H,21,23). The normalized spacial score (nSPS) is 20.6. The minimum atomic E-state index is -1.76. The summed E-state index contributed by atoms with van der Waals surface area (Å²) >= 11 is 6.18. The monoisotopic (exact) mass is 355 g/mol. The van der Waals surface area contributed by atoms with Crippen LogP contribution >= 0.6 is 11.6 Å². The lowest BCUT2D eigenvalue weighted by molar-refractivity contribution is -0.118. The van der Waals surface area contributed by atoms with Crippen LogP contribution < -0.4 is 21.4 Å². The second-order valence-electron chi connectivity index (χ2n) is 5.70. The third-order valence-corrected chi connectivity index (χ3v) is 4.68. The van der Waals surface area contributed by atoms with E-state index < -0.39 is 16.9 Å². The van der Waals surface area contributed by atoms with Gasteiger partial charge < -0.3 is 20.2 Å². The van der Waals surface area contributed by atoms with Gasteiger partial charge in [-0.05, 0) is 13.0 Å². The van der Waals surface area contributed by atoms with Crippen molar-refractivity contribution in [1.82, 2.24) is 0 Å². The Bertz CT molecular complexity index is 1100. The number of fused-ring (bicyclic) bond motifs is 4. The maximum atomic E-state index is 13.0. The molecule has 1 unspecified atom stereocenters. The number of halogens is 1. The van der Waals surface area contributed by atoms with Gasteiger partial charge in [0.2, 0.25) is 11.8 Å². The number of ether oxygens (including phenoxy) is 1. The first-order valence-electron chi connectivity index (χ1n) is 7.25. The van der Waals surface area contributed by atoms with Gasteiger partial charge in [0.25, 0.3) is 0 Å². The van der Waals surface area contributed by atoms with Gasteiger partial charge in [-0.3, -0.25) is 4.79 Å². The van der Waals surface area contributed by atoms with Gasteiger partial charge >= 0.3 is 5.63 Å². The fraction of sp³-hybridized carbons (Fsp3) is 0.118. The number of rotatable bonds is 0. The van der Waals surface area contributed by atoms with Gasteiger partial charge in [-0.15, -0.1) is 0 Å². The van der Waals surface area contributed by atoms with E-state index in [1.807, 2.05) is 6.07 Å². The highest BCUT2D eigenvalue weighted by Crippen LogP contribution is 2.53. The molecule has 3 heterocycles. The van der Waals surface area contributed by atoms with Crippen molar-refractivity contribution in [2.24, 2.45) is 5.73 Å². The van der Waals surface area contributed by atoms with E-state index in [2.05, 4.69) is 5.32 Å². The van der Waals surface area contributed by atoms with Crippen LogP contribution in [0.4, 0.5) is 5.69 Å². The van der Waals surface area contributed by atoms with Gasteiger partial charge in [0.1, 0.15) is 28.7 Å². The number of carbonyl (C=O) groups is 1. The molecule has 124 valence electrons. The zero-order valence-corrected chi connectivity index (χ0v) is 13.6. The average Bonchev–Trinajstić information content (AvgIpc) is 2.82. The van der Waals surface area contributed by atoms with Gasteiger partial charge in [-0.2, -0.15) is 5.26 Å². The Morgan fingerprint density at radius 3 is 2.84 bits per heavy atom. The molecule has 0 saturated carbocycles. The van der Waals surface area contributed by atoms with Crippen LogP contribution in [-0.4, -0.2) is 5.91 Å². The molecule has 0 bridgehead atoms. The molecule has 0 saturated heterocycles. The molecule has 0 aliphatic carbocycles. The van der Waals surface area contributed by atoms with Gasteiger partial charge in [-0.25, -0.2) is 4.79 Å². The lowest BCUT2D eigenvalue weighted by Crippen LogP contribution is -2.45. The van der Waals surface area contributed by atoms with E-state index in [9.17, 15) is 14.9 Å². The van der Waals surface area contributed by atoms with Crippen molar-refractivity contribution < 1.29 is 13.9 Å². The smallest absolute Gasteiger partial charge is 0.344 e. The fourth-order valence-electron chi connectivity index (χ4n) is 3.41. The van der Waals surface area contributed by atoms with E-state index in [4.69, 9.17) is 26.5 Å². The molecule has 1 aromatic heterocycles. The van der Waals surface area contributed by atoms with E-state index >= 15 is 0 Å². The summed E-state index contributed by atoms with van der Waals surface area (Å²) in [6, 6.07) is 8.19. The van der Waals surface area contributed by atoms with Crippen molar-refractivity contribution in [3.63, 3.8) is 0 Å². The third kappa shape index (κ3) is 1.74. The summed E-state index contributed by atoms with van der Waals surface area (Å²) in [5.41, 5.74) is 3.76. The molecule has 0 fully saturated rings. The molecular weight excluding hydrogens is 346 g/mol. The number of aryl methyl sites for hydroxylation is 1. The summed E-state index contributed by atoms with van der Waals surface area (Å²) in [5.74, 6) is -0.496. The predicted octanol–water partition coefficient (Wildman–Crippen LogP) is 1.93. The first-order valence-corrected chi connectivity index (χ1v) is 7.63. The molecule has 2 aliphatic heterocycles. The van der Waals surface area contributed by atoms with E-state index in [0.29, 0.717) is 11.3 Å². The largest absolute Gasteiger partial charge is 0.440 e. The second-order valence-corrected chi connectivity index (χ2v) is 6.11. The molecule has 1 atom stereocenters. The number of nitrogens with one attached hydrogen (secondary N) is 1. The number of nitrogens with two attached hydrogens (primary N) is 1. The predicted molar refractivity (Wildman–Crippen MR) is 88.0 cm³/mol. The molecule has 7 nitrogen and oxygen atoms in total. The van der Waals surface area contributed by atoms with Gasteiger partial charge in [0, 0.05) is 11.6 Å². The number of hydrogen-bond donors (Lipinski definition) is 2. The molecule has 1 amide bonds. The van der Waals surface area contributed by atoms with Crippen molar-refractivity contribution in [2.75, 3.05) is 5.32 Å². The Labute approximate surface area is 146 Å². The van der Waals surface area contributed by atoms with Crippen molar-refractivity contribution in [1.29, 1.82) is 5.26 Å². The molecule has 1 aromatic carbocycles. The summed E-state index contributed by atoms with van der Waals surface area (Å²) in [4.78, 5) is 25.7. The molecule has 8 heteroatoms. The van der Waals surface area contributed by atoms with Crippen LogP contribution in [-0.2, 0) is 10.2 Å². The number of benzene rings is 1. The molecule has 2 aromatic rings. The molecule has 4 rings (SSSR count). The molecule has 25 heavy (non-hydrogen) atoms. The Hall–Kier alpha value is -3.24. The summed E-state index contributed by atoms with van der Waals surface area (Å²) in [6.07, 6.45) is 0. The van der Waals surface area contributed by atoms with Gasteiger partial charge in [0.15, 0.2) is 5.41 Å². The van der Waals surface area contributed by atoms with Gasteiger partial charge in [-0.1, -0.05) is 23.7 Å². The van der Waals surface area contributed by atoms with Crippen LogP contribution in [0.2, 0.25) is 5.02 Å². The fourth-order valence-corrected chi connectivity index (χ4v) is 3.63. The summed E-state index contributed by atoms with van der Waals surface area (Å²) in [6.45, 7) is 1.57. The maximum Gasteiger partial charge on any atom is 0.344 e.